The summed E-state index contributed by atoms with van der Waals surface area (Å²) < 4.78 is 48.2. The second kappa shape index (κ2) is 12.4. The lowest BCUT2D eigenvalue weighted by Gasteiger charge is -2.14. The molecule has 4 bridgehead atoms. The fraction of sp³-hybridized carbons (Fsp3) is 0. The minimum atomic E-state index is -0.443. The van der Waals surface area contributed by atoms with Crippen molar-refractivity contribution in [2.75, 3.05) is 0 Å². The second-order valence-electron chi connectivity index (χ2n) is 12.7. The highest BCUT2D eigenvalue weighted by molar-refractivity contribution is 6.14. The smallest absolute Gasteiger partial charge is 0.160 e. The summed E-state index contributed by atoms with van der Waals surface area (Å²) in [7, 11) is 0. The third kappa shape index (κ3) is 5.09. The van der Waals surface area contributed by atoms with Gasteiger partial charge in [0.05, 0.1) is 23.6 Å². The van der Waals surface area contributed by atoms with Gasteiger partial charge in [-0.3, -0.25) is 0 Å². The molecule has 0 amide bonds. The van der Waals surface area contributed by atoms with Gasteiger partial charge in [0.2, 0.25) is 0 Å². The first-order chi connectivity index (χ1) is 27.9. The predicted molar refractivity (Wildman–Crippen MR) is 217 cm³/mol. The van der Waals surface area contributed by atoms with Gasteiger partial charge in [-0.05, 0) is 95.0 Å². The van der Waals surface area contributed by atoms with Crippen molar-refractivity contribution in [2.45, 2.75) is 0 Å². The summed E-state index contributed by atoms with van der Waals surface area (Å²) in [5.41, 5.74) is 7.49. The van der Waals surface area contributed by atoms with Crippen molar-refractivity contribution < 1.29 is 6.85 Å². The van der Waals surface area contributed by atoms with Crippen LogP contribution in [0.2, 0.25) is 0 Å². The van der Waals surface area contributed by atoms with Crippen LogP contribution in [-0.2, 0) is 0 Å². The molecule has 244 valence electrons. The van der Waals surface area contributed by atoms with E-state index in [1.165, 1.54) is 0 Å². The molecule has 2 heterocycles. The van der Waals surface area contributed by atoms with Crippen LogP contribution in [0.25, 0.3) is 88.5 Å². The summed E-state index contributed by atoms with van der Waals surface area (Å²) in [5.74, 6) is 0.623. The lowest BCUT2D eigenvalue weighted by Crippen LogP contribution is -1.99. The number of hydrogen-bond donors (Lipinski definition) is 0. The topological polar surface area (TPSA) is 35.6 Å². The fourth-order valence-electron chi connectivity index (χ4n) is 7.29. The Hall–Kier alpha value is -7.04. The highest BCUT2D eigenvalue weighted by atomic mass is 15.0. The molecule has 2 aromatic heterocycles. The van der Waals surface area contributed by atoms with Crippen molar-refractivity contribution in [3.05, 3.63) is 194 Å². The van der Waals surface area contributed by atoms with Crippen molar-refractivity contribution in [3.63, 3.8) is 0 Å². The third-order valence-corrected chi connectivity index (χ3v) is 9.61. The number of nitrogens with zero attached hydrogens (tertiary/aromatic N) is 4. The average Bonchev–Trinajstić information content (AvgIpc) is 3.27. The summed E-state index contributed by atoms with van der Waals surface area (Å²) in [6.45, 7) is 0. The van der Waals surface area contributed by atoms with Crippen LogP contribution in [0.5, 0.6) is 0 Å². The molecule has 4 nitrogen and oxygen atoms in total. The van der Waals surface area contributed by atoms with E-state index in [1.54, 1.807) is 0 Å². The lowest BCUT2D eigenvalue weighted by atomic mass is 9.96. The van der Waals surface area contributed by atoms with E-state index >= 15 is 0 Å². The van der Waals surface area contributed by atoms with Crippen LogP contribution in [0.15, 0.2) is 194 Å². The molecule has 0 aliphatic heterocycles. The molecule has 52 heavy (non-hydrogen) atoms. The van der Waals surface area contributed by atoms with Gasteiger partial charge in [0.25, 0.3) is 0 Å². The molecule has 0 saturated heterocycles. The highest BCUT2D eigenvalue weighted by Gasteiger charge is 2.15. The van der Waals surface area contributed by atoms with Crippen molar-refractivity contribution >= 4 is 54.5 Å². The van der Waals surface area contributed by atoms with Crippen LogP contribution in [0.1, 0.15) is 6.85 Å². The summed E-state index contributed by atoms with van der Waals surface area (Å²) in [6, 6.07) is 52.9. The van der Waals surface area contributed by atoms with Gasteiger partial charge >= 0.3 is 0 Å². The van der Waals surface area contributed by atoms with Crippen molar-refractivity contribution in [3.8, 4) is 34.0 Å². The molecule has 0 N–H and O–H groups in total. The minimum Gasteiger partial charge on any atom is -0.310 e. The van der Waals surface area contributed by atoms with Gasteiger partial charge in [0.1, 0.15) is 0 Å². The quantitative estimate of drug-likeness (QED) is 0.187. The van der Waals surface area contributed by atoms with E-state index in [4.69, 9.17) is 14.1 Å². The molecule has 4 heteroatoms. The second-order valence-corrected chi connectivity index (χ2v) is 12.7. The van der Waals surface area contributed by atoms with Gasteiger partial charge in [0, 0.05) is 49.8 Å². The van der Waals surface area contributed by atoms with Crippen LogP contribution in [0, 0.1) is 0 Å². The monoisotopic (exact) mass is 669 g/mol. The fourth-order valence-corrected chi connectivity index (χ4v) is 7.29. The first-order valence-electron chi connectivity index (χ1n) is 19.7. The average molecular weight is 670 g/mol. The summed E-state index contributed by atoms with van der Waals surface area (Å²) in [4.78, 5) is 10.2. The van der Waals surface area contributed by atoms with Gasteiger partial charge in [0.15, 0.2) is 5.82 Å². The van der Waals surface area contributed by atoms with E-state index in [0.29, 0.717) is 16.9 Å². The molecular formula is C48H32N4. The van der Waals surface area contributed by atoms with Gasteiger partial charge in [-0.15, -0.1) is 0 Å². The molecule has 10 aromatic rings. The molecule has 0 atom stereocenters. The first-order valence-corrected chi connectivity index (χ1v) is 17.2. The molecule has 8 aromatic carbocycles. The largest absolute Gasteiger partial charge is 0.310 e. The van der Waals surface area contributed by atoms with Crippen LogP contribution in [0.3, 0.4) is 0 Å². The number of fused-ring (bicyclic) bond motifs is 6. The molecule has 0 spiro atoms. The maximum absolute atomic E-state index is 9.20. The van der Waals surface area contributed by atoms with E-state index < -0.39 is 18.1 Å². The van der Waals surface area contributed by atoms with Crippen molar-refractivity contribution in [1.82, 2.24) is 19.1 Å². The highest BCUT2D eigenvalue weighted by Crippen LogP contribution is 2.37. The van der Waals surface area contributed by atoms with Crippen LogP contribution in [0.4, 0.5) is 0 Å². The first kappa shape index (κ1) is 25.0. The molecule has 0 radical (unpaired) electrons. The van der Waals surface area contributed by atoms with Gasteiger partial charge in [-0.2, -0.15) is 0 Å². The number of rotatable bonds is 4. The van der Waals surface area contributed by atoms with Crippen molar-refractivity contribution in [1.29, 1.82) is 0 Å². The van der Waals surface area contributed by atoms with Crippen LogP contribution >= 0.6 is 0 Å². The zero-order valence-electron chi connectivity index (χ0n) is 32.9. The lowest BCUT2D eigenvalue weighted by molar-refractivity contribution is 1.14. The standard InChI is InChI=1S/C48H32N4/c1-4-15-33(16-5-1)48-49-45-25-12-10-24-42(45)47(50-48)35-29-34-27-28-40-32-43(34)44(30-35)41-23-11-13-26-46(41)52(37-19-8-3-9-20-37)39-22-14-21-38(31-39)51(40)36-17-6-2-7-18-36/h1-32H/i3D,8D,9D,19D,20D. The third-order valence-electron chi connectivity index (χ3n) is 9.61. The van der Waals surface area contributed by atoms with Crippen LogP contribution in [-0.4, -0.2) is 19.1 Å². The maximum Gasteiger partial charge on any atom is 0.160 e. The number of para-hydroxylation sites is 4. The Bertz CT molecular complexity index is 3270. The van der Waals surface area contributed by atoms with Gasteiger partial charge in [-0.1, -0.05) is 115 Å². The Morgan fingerprint density at radius 1 is 0.423 bits per heavy atom. The van der Waals surface area contributed by atoms with E-state index in [-0.39, 0.29) is 17.8 Å². The zero-order valence-corrected chi connectivity index (χ0v) is 27.9. The normalized spacial score (nSPS) is 12.8. The Morgan fingerprint density at radius 2 is 1.12 bits per heavy atom. The SMILES string of the molecule is [2H]c1c([2H])c([2H])c(-n2c3cccc(c3)n(-c3ccccc3)c3ccc4cc(-c5nc(-c6ccccc6)nc6ccccc56)cc(c4c3)c3ccccc32)c([2H])c1[2H]. The summed E-state index contributed by atoms with van der Waals surface area (Å²) >= 11 is 0. The van der Waals surface area contributed by atoms with E-state index in [0.717, 1.165) is 66.0 Å². The zero-order chi connectivity index (χ0) is 38.8. The Kier molecular flexibility index (Phi) is 5.95. The summed E-state index contributed by atoms with van der Waals surface area (Å²) in [6.07, 6.45) is 0. The Morgan fingerprint density at radius 3 is 1.94 bits per heavy atom. The van der Waals surface area contributed by atoms with Gasteiger partial charge in [-0.25, -0.2) is 9.97 Å². The van der Waals surface area contributed by atoms with E-state index in [1.807, 2.05) is 126 Å². The van der Waals surface area contributed by atoms with Crippen LogP contribution < -0.4 is 0 Å². The number of aromatic nitrogens is 4. The molecule has 0 aliphatic rings. The Balaban J connectivity index is 1.44. The summed E-state index contributed by atoms with van der Waals surface area (Å²) in [5, 5.41) is 4.58. The Labute approximate surface area is 307 Å². The molecule has 10 rings (SSSR count). The van der Waals surface area contributed by atoms with Gasteiger partial charge < -0.3 is 9.13 Å². The minimum absolute atomic E-state index is 0.0597. The number of benzene rings is 8. The predicted octanol–water partition coefficient (Wildman–Crippen LogP) is 12.3. The maximum atomic E-state index is 9.20. The molecule has 0 unspecified atom stereocenters. The van der Waals surface area contributed by atoms with E-state index in [9.17, 15) is 2.74 Å². The van der Waals surface area contributed by atoms with E-state index in [2.05, 4.69) is 47.0 Å². The molecule has 0 saturated carbocycles. The molecule has 0 aliphatic carbocycles. The molecular weight excluding hydrogens is 633 g/mol. The number of hydrogen-bond acceptors (Lipinski definition) is 2. The van der Waals surface area contributed by atoms with Crippen molar-refractivity contribution in [2.24, 2.45) is 0 Å². The molecule has 0 fully saturated rings.